The first-order valence-corrected chi connectivity index (χ1v) is 6.94. The molecule has 19 heavy (non-hydrogen) atoms. The summed E-state index contributed by atoms with van der Waals surface area (Å²) in [6.45, 7) is 1.43. The molecule has 1 aromatic carbocycles. The summed E-state index contributed by atoms with van der Waals surface area (Å²) in [5.41, 5.74) is 6.41. The predicted molar refractivity (Wildman–Crippen MR) is 71.5 cm³/mol. The number of benzene rings is 1. The van der Waals surface area contributed by atoms with Crippen molar-refractivity contribution >= 4 is 17.5 Å². The van der Waals surface area contributed by atoms with Crippen LogP contribution in [-0.2, 0) is 0 Å². The van der Waals surface area contributed by atoms with Gasteiger partial charge in [0.15, 0.2) is 0 Å². The Morgan fingerprint density at radius 2 is 2.16 bits per heavy atom. The van der Waals surface area contributed by atoms with Crippen LogP contribution < -0.4 is 5.73 Å². The number of rotatable bonds is 1. The first-order chi connectivity index (χ1) is 9.06. The Kier molecular flexibility index (Phi) is 3.23. The van der Waals surface area contributed by atoms with Gasteiger partial charge in [-0.25, -0.2) is 4.39 Å². The third-order valence-corrected chi connectivity index (χ3v) is 4.67. The van der Waals surface area contributed by atoms with Crippen molar-refractivity contribution in [2.75, 3.05) is 13.1 Å². The summed E-state index contributed by atoms with van der Waals surface area (Å²) in [6.07, 6.45) is 2.14. The number of hydrogen-bond donors (Lipinski definition) is 1. The van der Waals surface area contributed by atoms with Crippen molar-refractivity contribution in [3.8, 4) is 0 Å². The van der Waals surface area contributed by atoms with Gasteiger partial charge in [0.2, 0.25) is 0 Å². The summed E-state index contributed by atoms with van der Waals surface area (Å²) in [7, 11) is 0. The van der Waals surface area contributed by atoms with Crippen molar-refractivity contribution in [2.24, 2.45) is 17.6 Å². The molecule has 2 N–H and O–H groups in total. The number of carbonyl (C=O) groups is 1. The quantitative estimate of drug-likeness (QED) is 0.859. The maximum atomic E-state index is 13.4. The van der Waals surface area contributed by atoms with Gasteiger partial charge in [0, 0.05) is 24.7 Å². The Bertz CT molecular complexity index is 522. The normalized spacial score (nSPS) is 29.6. The second-order valence-electron chi connectivity index (χ2n) is 5.50. The van der Waals surface area contributed by atoms with Crippen molar-refractivity contribution in [1.82, 2.24) is 4.90 Å². The Hall–Kier alpha value is -1.13. The molecule has 0 radical (unpaired) electrons. The molecule has 0 bridgehead atoms. The molecule has 5 heteroatoms. The largest absolute Gasteiger partial charge is 0.338 e. The third kappa shape index (κ3) is 2.23. The van der Waals surface area contributed by atoms with E-state index in [1.54, 1.807) is 11.0 Å². The molecule has 2 fully saturated rings. The molecule has 1 aliphatic heterocycles. The van der Waals surface area contributed by atoms with E-state index in [-0.39, 0.29) is 17.0 Å². The van der Waals surface area contributed by atoms with Crippen LogP contribution in [0, 0.1) is 17.7 Å². The van der Waals surface area contributed by atoms with Crippen LogP contribution in [-0.4, -0.2) is 29.9 Å². The third-order valence-electron chi connectivity index (χ3n) is 4.37. The lowest BCUT2D eigenvalue weighted by molar-refractivity contribution is 0.0779. The fourth-order valence-corrected chi connectivity index (χ4v) is 3.40. The van der Waals surface area contributed by atoms with Gasteiger partial charge in [-0.15, -0.1) is 0 Å². The summed E-state index contributed by atoms with van der Waals surface area (Å²) in [5.74, 6) is 0.234. The second kappa shape index (κ2) is 4.76. The van der Waals surface area contributed by atoms with Crippen LogP contribution in [0.4, 0.5) is 4.39 Å². The van der Waals surface area contributed by atoms with E-state index in [9.17, 15) is 9.18 Å². The Morgan fingerprint density at radius 1 is 1.37 bits per heavy atom. The molecule has 102 valence electrons. The van der Waals surface area contributed by atoms with Crippen LogP contribution in [0.15, 0.2) is 18.2 Å². The van der Waals surface area contributed by atoms with Gasteiger partial charge in [-0.1, -0.05) is 11.6 Å². The van der Waals surface area contributed by atoms with Crippen molar-refractivity contribution in [2.45, 2.75) is 18.9 Å². The molecular weight excluding hydrogens is 267 g/mol. The molecule has 0 aromatic heterocycles. The van der Waals surface area contributed by atoms with Crippen LogP contribution in [0.1, 0.15) is 23.2 Å². The van der Waals surface area contributed by atoms with Crippen LogP contribution in [0.3, 0.4) is 0 Å². The number of halogens is 2. The molecular formula is C14H16ClFN2O. The number of likely N-dealkylation sites (tertiary alicyclic amines) is 1. The number of carbonyl (C=O) groups excluding carboxylic acids is 1. The highest BCUT2D eigenvalue weighted by molar-refractivity contribution is 6.30. The smallest absolute Gasteiger partial charge is 0.253 e. The maximum Gasteiger partial charge on any atom is 0.253 e. The van der Waals surface area contributed by atoms with Crippen LogP contribution >= 0.6 is 11.6 Å². The lowest BCUT2D eigenvalue weighted by Crippen LogP contribution is -2.33. The molecule has 3 rings (SSSR count). The van der Waals surface area contributed by atoms with Crippen molar-refractivity contribution in [3.05, 3.63) is 34.6 Å². The van der Waals surface area contributed by atoms with E-state index >= 15 is 0 Å². The van der Waals surface area contributed by atoms with E-state index in [1.165, 1.54) is 12.1 Å². The lowest BCUT2D eigenvalue weighted by atomic mass is 9.98. The molecule has 0 spiro atoms. The number of nitrogens with zero attached hydrogens (tertiary/aromatic N) is 1. The highest BCUT2D eigenvalue weighted by atomic mass is 35.5. The molecule has 1 aromatic rings. The lowest BCUT2D eigenvalue weighted by Gasteiger charge is -2.19. The molecule has 3 unspecified atom stereocenters. The van der Waals surface area contributed by atoms with Crippen LogP contribution in [0.2, 0.25) is 5.02 Å². The van der Waals surface area contributed by atoms with Crippen molar-refractivity contribution in [3.63, 3.8) is 0 Å². The van der Waals surface area contributed by atoms with Crippen molar-refractivity contribution < 1.29 is 9.18 Å². The number of amides is 1. The fourth-order valence-electron chi connectivity index (χ4n) is 3.29. The summed E-state index contributed by atoms with van der Waals surface area (Å²) in [6, 6.07) is 4.40. The standard InChI is InChI=1S/C14H16ClFN2O/c15-11-3-1-8(5-12(11)16)14(19)18-6-9-2-4-13(17)10(9)7-18/h1,3,5,9-10,13H,2,4,6-7,17H2. The van der Waals surface area contributed by atoms with Gasteiger partial charge in [-0.2, -0.15) is 0 Å². The van der Waals surface area contributed by atoms with E-state index in [2.05, 4.69) is 0 Å². The number of nitrogens with two attached hydrogens (primary N) is 1. The minimum Gasteiger partial charge on any atom is -0.338 e. The summed E-state index contributed by atoms with van der Waals surface area (Å²) in [5, 5.41) is 0.0388. The van der Waals surface area contributed by atoms with E-state index in [0.29, 0.717) is 23.9 Å². The molecule has 1 saturated carbocycles. The highest BCUT2D eigenvalue weighted by Crippen LogP contribution is 2.37. The number of fused-ring (bicyclic) bond motifs is 1. The zero-order valence-corrected chi connectivity index (χ0v) is 11.2. The van der Waals surface area contributed by atoms with Gasteiger partial charge >= 0.3 is 0 Å². The minimum atomic E-state index is -0.552. The first-order valence-electron chi connectivity index (χ1n) is 6.56. The maximum absolute atomic E-state index is 13.4. The molecule has 3 nitrogen and oxygen atoms in total. The van der Waals surface area contributed by atoms with Gasteiger partial charge in [-0.3, -0.25) is 4.79 Å². The molecule has 1 saturated heterocycles. The second-order valence-corrected chi connectivity index (χ2v) is 5.91. The molecule has 1 amide bonds. The molecule has 2 aliphatic rings. The fraction of sp³-hybridized carbons (Fsp3) is 0.500. The number of hydrogen-bond acceptors (Lipinski definition) is 2. The van der Waals surface area contributed by atoms with E-state index in [4.69, 9.17) is 17.3 Å². The van der Waals surface area contributed by atoms with E-state index < -0.39 is 5.82 Å². The van der Waals surface area contributed by atoms with Gasteiger partial charge < -0.3 is 10.6 Å². The monoisotopic (exact) mass is 282 g/mol. The van der Waals surface area contributed by atoms with Gasteiger partial charge in [0.1, 0.15) is 5.82 Å². The zero-order chi connectivity index (χ0) is 13.6. The van der Waals surface area contributed by atoms with Gasteiger partial charge in [0.25, 0.3) is 5.91 Å². The predicted octanol–water partition coefficient (Wildman–Crippen LogP) is 2.29. The van der Waals surface area contributed by atoms with Crippen molar-refractivity contribution in [1.29, 1.82) is 0 Å². The van der Waals surface area contributed by atoms with Gasteiger partial charge in [0.05, 0.1) is 5.02 Å². The molecule has 1 heterocycles. The highest BCUT2D eigenvalue weighted by Gasteiger charge is 2.42. The van der Waals surface area contributed by atoms with E-state index in [0.717, 1.165) is 19.4 Å². The average Bonchev–Trinajstić information content (AvgIpc) is 2.95. The summed E-state index contributed by atoms with van der Waals surface area (Å²) >= 11 is 5.63. The molecule has 1 aliphatic carbocycles. The topological polar surface area (TPSA) is 46.3 Å². The average molecular weight is 283 g/mol. The Labute approximate surface area is 116 Å². The first kappa shape index (κ1) is 12.9. The van der Waals surface area contributed by atoms with Gasteiger partial charge in [-0.05, 0) is 42.9 Å². The molecule has 3 atom stereocenters. The minimum absolute atomic E-state index is 0.0388. The summed E-state index contributed by atoms with van der Waals surface area (Å²) < 4.78 is 13.4. The Balaban J connectivity index is 1.76. The Morgan fingerprint density at radius 3 is 2.84 bits per heavy atom. The zero-order valence-electron chi connectivity index (χ0n) is 10.5. The van der Waals surface area contributed by atoms with Crippen LogP contribution in [0.25, 0.3) is 0 Å². The van der Waals surface area contributed by atoms with E-state index in [1.807, 2.05) is 0 Å². The summed E-state index contributed by atoms with van der Waals surface area (Å²) in [4.78, 5) is 14.1. The van der Waals surface area contributed by atoms with Crippen LogP contribution in [0.5, 0.6) is 0 Å². The SMILES string of the molecule is NC1CCC2CN(C(=O)c3ccc(Cl)c(F)c3)CC12.